The smallest absolute Gasteiger partial charge is 0.191 e. The Morgan fingerprint density at radius 1 is 0.923 bits per heavy atom. The molecule has 0 bridgehead atoms. The second-order valence-corrected chi connectivity index (χ2v) is 6.03. The molecule has 0 atom stereocenters. The van der Waals surface area contributed by atoms with Crippen molar-refractivity contribution >= 4 is 5.96 Å². The van der Waals surface area contributed by atoms with Gasteiger partial charge in [0.1, 0.15) is 5.82 Å². The van der Waals surface area contributed by atoms with Crippen LogP contribution in [0.15, 0.2) is 59.6 Å². The molecule has 2 aromatic carbocycles. The molecule has 26 heavy (non-hydrogen) atoms. The number of unbranched alkanes of at least 4 members (excludes halogenated alkanes) is 1. The SMILES string of the molecule is CN=C(NCCCCOCCc1ccccc1)NCc1ccc(F)cc1. The van der Waals surface area contributed by atoms with E-state index in [2.05, 4.69) is 39.9 Å². The Bertz CT molecular complexity index is 644. The molecule has 2 aromatic rings. The molecule has 0 unspecified atom stereocenters. The number of benzene rings is 2. The average Bonchev–Trinajstić information content (AvgIpc) is 2.68. The van der Waals surface area contributed by atoms with Crippen molar-refractivity contribution in [1.29, 1.82) is 0 Å². The van der Waals surface area contributed by atoms with Crippen molar-refractivity contribution in [2.24, 2.45) is 4.99 Å². The van der Waals surface area contributed by atoms with Crippen LogP contribution in [0.3, 0.4) is 0 Å². The van der Waals surface area contributed by atoms with Gasteiger partial charge in [-0.2, -0.15) is 0 Å². The van der Waals surface area contributed by atoms with Crippen LogP contribution in [0.5, 0.6) is 0 Å². The summed E-state index contributed by atoms with van der Waals surface area (Å²) in [7, 11) is 1.74. The Morgan fingerprint density at radius 3 is 2.42 bits per heavy atom. The molecular formula is C21H28FN3O. The van der Waals surface area contributed by atoms with E-state index < -0.39 is 0 Å². The summed E-state index contributed by atoms with van der Waals surface area (Å²) < 4.78 is 18.6. The molecule has 0 radical (unpaired) electrons. The van der Waals surface area contributed by atoms with Gasteiger partial charge in [0.15, 0.2) is 5.96 Å². The number of ether oxygens (including phenoxy) is 1. The quantitative estimate of drug-likeness (QED) is 0.388. The predicted octanol–water partition coefficient (Wildman–Crippen LogP) is 3.53. The first-order valence-corrected chi connectivity index (χ1v) is 9.08. The third-order valence-electron chi connectivity index (χ3n) is 3.98. The number of rotatable bonds is 10. The summed E-state index contributed by atoms with van der Waals surface area (Å²) in [6, 6.07) is 16.8. The highest BCUT2D eigenvalue weighted by Crippen LogP contribution is 2.02. The fraction of sp³-hybridized carbons (Fsp3) is 0.381. The Labute approximate surface area is 155 Å². The molecule has 4 nitrogen and oxygen atoms in total. The Kier molecular flexibility index (Phi) is 9.22. The summed E-state index contributed by atoms with van der Waals surface area (Å²) in [5.41, 5.74) is 2.33. The van der Waals surface area contributed by atoms with Gasteiger partial charge in [0.05, 0.1) is 6.61 Å². The fourth-order valence-corrected chi connectivity index (χ4v) is 2.48. The molecule has 0 aliphatic rings. The largest absolute Gasteiger partial charge is 0.381 e. The van der Waals surface area contributed by atoms with Crippen LogP contribution in [0, 0.1) is 5.82 Å². The zero-order chi connectivity index (χ0) is 18.5. The van der Waals surface area contributed by atoms with Crippen molar-refractivity contribution in [3.8, 4) is 0 Å². The summed E-state index contributed by atoms with van der Waals surface area (Å²) >= 11 is 0. The highest BCUT2D eigenvalue weighted by atomic mass is 19.1. The Morgan fingerprint density at radius 2 is 1.69 bits per heavy atom. The summed E-state index contributed by atoms with van der Waals surface area (Å²) in [4.78, 5) is 4.19. The van der Waals surface area contributed by atoms with Gasteiger partial charge in [0.25, 0.3) is 0 Å². The Hall–Kier alpha value is -2.40. The highest BCUT2D eigenvalue weighted by molar-refractivity contribution is 5.79. The van der Waals surface area contributed by atoms with E-state index in [1.807, 2.05) is 6.07 Å². The van der Waals surface area contributed by atoms with Gasteiger partial charge in [-0.05, 0) is 42.5 Å². The fourth-order valence-electron chi connectivity index (χ4n) is 2.48. The highest BCUT2D eigenvalue weighted by Gasteiger charge is 1.99. The molecule has 2 N–H and O–H groups in total. The molecule has 140 valence electrons. The van der Waals surface area contributed by atoms with Gasteiger partial charge < -0.3 is 15.4 Å². The van der Waals surface area contributed by atoms with E-state index in [-0.39, 0.29) is 5.82 Å². The van der Waals surface area contributed by atoms with E-state index in [9.17, 15) is 4.39 Å². The maximum absolute atomic E-state index is 12.9. The monoisotopic (exact) mass is 357 g/mol. The van der Waals surface area contributed by atoms with Crippen molar-refractivity contribution in [2.75, 3.05) is 26.8 Å². The van der Waals surface area contributed by atoms with Gasteiger partial charge in [-0.1, -0.05) is 42.5 Å². The van der Waals surface area contributed by atoms with E-state index in [0.29, 0.717) is 6.54 Å². The average molecular weight is 357 g/mol. The molecule has 0 spiro atoms. The third kappa shape index (κ3) is 8.12. The van der Waals surface area contributed by atoms with Gasteiger partial charge in [0.2, 0.25) is 0 Å². The lowest BCUT2D eigenvalue weighted by Crippen LogP contribution is -2.37. The lowest BCUT2D eigenvalue weighted by molar-refractivity contribution is 0.133. The van der Waals surface area contributed by atoms with Gasteiger partial charge in [0, 0.05) is 26.7 Å². The van der Waals surface area contributed by atoms with Crippen LogP contribution in [0.2, 0.25) is 0 Å². The lowest BCUT2D eigenvalue weighted by atomic mass is 10.2. The first kappa shape index (κ1) is 19.9. The van der Waals surface area contributed by atoms with E-state index >= 15 is 0 Å². The van der Waals surface area contributed by atoms with E-state index in [4.69, 9.17) is 4.74 Å². The number of halogens is 1. The zero-order valence-electron chi connectivity index (χ0n) is 15.4. The van der Waals surface area contributed by atoms with Crippen molar-refractivity contribution in [2.45, 2.75) is 25.8 Å². The van der Waals surface area contributed by atoms with Crippen molar-refractivity contribution in [1.82, 2.24) is 10.6 Å². The molecule has 0 aliphatic carbocycles. The second-order valence-electron chi connectivity index (χ2n) is 6.03. The molecular weight excluding hydrogens is 329 g/mol. The van der Waals surface area contributed by atoms with E-state index in [1.54, 1.807) is 19.2 Å². The number of hydrogen-bond acceptors (Lipinski definition) is 2. The molecule has 0 aromatic heterocycles. The van der Waals surface area contributed by atoms with Crippen molar-refractivity contribution in [3.63, 3.8) is 0 Å². The molecule has 0 aliphatic heterocycles. The minimum absolute atomic E-state index is 0.220. The normalized spacial score (nSPS) is 11.4. The maximum atomic E-state index is 12.9. The van der Waals surface area contributed by atoms with Crippen molar-refractivity contribution < 1.29 is 9.13 Å². The topological polar surface area (TPSA) is 45.7 Å². The summed E-state index contributed by atoms with van der Waals surface area (Å²) in [6.07, 6.45) is 2.98. The Balaban J connectivity index is 1.49. The molecule has 5 heteroatoms. The van der Waals surface area contributed by atoms with Crippen LogP contribution < -0.4 is 10.6 Å². The molecule has 0 saturated carbocycles. The molecule has 0 amide bonds. The minimum Gasteiger partial charge on any atom is -0.381 e. The number of guanidine groups is 1. The second kappa shape index (κ2) is 12.0. The van der Waals surface area contributed by atoms with Gasteiger partial charge >= 0.3 is 0 Å². The first-order valence-electron chi connectivity index (χ1n) is 9.08. The van der Waals surface area contributed by atoms with Crippen LogP contribution in [0.25, 0.3) is 0 Å². The number of aliphatic imine (C=N–C) groups is 1. The van der Waals surface area contributed by atoms with E-state index in [0.717, 1.165) is 50.5 Å². The predicted molar refractivity (Wildman–Crippen MR) is 105 cm³/mol. The van der Waals surface area contributed by atoms with Crippen LogP contribution in [0.4, 0.5) is 4.39 Å². The molecule has 2 rings (SSSR count). The third-order valence-corrected chi connectivity index (χ3v) is 3.98. The standard InChI is InChI=1S/C21H28FN3O/c1-23-21(25-17-19-9-11-20(22)12-10-19)24-14-5-6-15-26-16-13-18-7-3-2-4-8-18/h2-4,7-12H,5-6,13-17H2,1H3,(H2,23,24,25). The lowest BCUT2D eigenvalue weighted by Gasteiger charge is -2.12. The zero-order valence-corrected chi connectivity index (χ0v) is 15.4. The molecule has 0 fully saturated rings. The summed E-state index contributed by atoms with van der Waals surface area (Å²) in [6.45, 7) is 2.99. The van der Waals surface area contributed by atoms with Gasteiger partial charge in [-0.15, -0.1) is 0 Å². The van der Waals surface area contributed by atoms with Crippen molar-refractivity contribution in [3.05, 3.63) is 71.5 Å². The van der Waals surface area contributed by atoms with Gasteiger partial charge in [-0.25, -0.2) is 4.39 Å². The maximum Gasteiger partial charge on any atom is 0.191 e. The van der Waals surface area contributed by atoms with Crippen LogP contribution in [-0.4, -0.2) is 32.8 Å². The minimum atomic E-state index is -0.220. The number of nitrogens with one attached hydrogen (secondary N) is 2. The number of nitrogens with zero attached hydrogens (tertiary/aromatic N) is 1. The van der Waals surface area contributed by atoms with E-state index in [1.165, 1.54) is 17.7 Å². The summed E-state index contributed by atoms with van der Waals surface area (Å²) in [5.74, 6) is 0.529. The first-order chi connectivity index (χ1) is 12.8. The van der Waals surface area contributed by atoms with Crippen LogP contribution >= 0.6 is 0 Å². The van der Waals surface area contributed by atoms with Gasteiger partial charge in [-0.3, -0.25) is 4.99 Å². The van der Waals surface area contributed by atoms with Crippen LogP contribution in [-0.2, 0) is 17.7 Å². The molecule has 0 saturated heterocycles. The number of hydrogen-bond donors (Lipinski definition) is 2. The summed E-state index contributed by atoms with van der Waals surface area (Å²) in [5, 5.41) is 6.50. The van der Waals surface area contributed by atoms with Crippen LogP contribution in [0.1, 0.15) is 24.0 Å². The molecule has 0 heterocycles.